The van der Waals surface area contributed by atoms with Crippen LogP contribution in [0.3, 0.4) is 0 Å². The maximum Gasteiger partial charge on any atom is 0.226 e. The number of nitrogens with zero attached hydrogens (tertiary/aromatic N) is 3. The van der Waals surface area contributed by atoms with Crippen LogP contribution in [-0.2, 0) is 17.6 Å². The number of hydrogen-bond acceptors (Lipinski definition) is 4. The van der Waals surface area contributed by atoms with Crippen LogP contribution in [0.15, 0.2) is 24.5 Å². The fourth-order valence-corrected chi connectivity index (χ4v) is 4.57. The summed E-state index contributed by atoms with van der Waals surface area (Å²) in [7, 11) is 0. The lowest BCUT2D eigenvalue weighted by Gasteiger charge is -2.25. The fourth-order valence-electron chi connectivity index (χ4n) is 3.39. The van der Waals surface area contributed by atoms with E-state index in [0.717, 1.165) is 55.8 Å². The quantitative estimate of drug-likeness (QED) is 0.856. The van der Waals surface area contributed by atoms with Crippen LogP contribution in [0.2, 0.25) is 0 Å². The number of aryl methyl sites for hydroxylation is 1. The van der Waals surface area contributed by atoms with Crippen LogP contribution in [0, 0.1) is 5.92 Å². The Hall–Kier alpha value is -1.75. The third-order valence-corrected chi connectivity index (χ3v) is 5.78. The zero-order chi connectivity index (χ0) is 14.9. The number of pyridine rings is 1. The molecule has 0 spiro atoms. The number of aromatic nitrogens is 2. The third-order valence-electron chi connectivity index (χ3n) is 4.62. The zero-order valence-corrected chi connectivity index (χ0v) is 13.3. The Kier molecular flexibility index (Phi) is 3.66. The predicted octanol–water partition coefficient (Wildman–Crippen LogP) is 2.93. The average molecular weight is 313 g/mol. The molecule has 22 heavy (non-hydrogen) atoms. The van der Waals surface area contributed by atoms with Gasteiger partial charge in [-0.05, 0) is 44.2 Å². The molecule has 2 aliphatic rings. The summed E-state index contributed by atoms with van der Waals surface area (Å²) in [5, 5.41) is 1.03. The first-order valence-electron chi connectivity index (χ1n) is 7.99. The van der Waals surface area contributed by atoms with E-state index in [1.807, 2.05) is 18.3 Å². The second-order valence-corrected chi connectivity index (χ2v) is 7.19. The number of carbonyl (C=O) groups excluding carboxylic acids is 1. The summed E-state index contributed by atoms with van der Waals surface area (Å²) >= 11 is 1.73. The number of amides is 1. The summed E-state index contributed by atoms with van der Waals surface area (Å²) in [5.74, 6) is 0.521. The molecule has 114 valence electrons. The van der Waals surface area contributed by atoms with E-state index >= 15 is 0 Å². The monoisotopic (exact) mass is 313 g/mol. The van der Waals surface area contributed by atoms with Crippen molar-refractivity contribution in [3.8, 4) is 10.6 Å². The molecule has 0 N–H and O–H groups in total. The minimum Gasteiger partial charge on any atom is -0.342 e. The zero-order valence-electron chi connectivity index (χ0n) is 12.5. The van der Waals surface area contributed by atoms with Crippen molar-refractivity contribution in [2.75, 3.05) is 13.1 Å². The van der Waals surface area contributed by atoms with Gasteiger partial charge in [-0.25, -0.2) is 4.98 Å². The van der Waals surface area contributed by atoms with Crippen molar-refractivity contribution in [3.05, 3.63) is 35.1 Å². The van der Waals surface area contributed by atoms with Gasteiger partial charge >= 0.3 is 0 Å². The van der Waals surface area contributed by atoms with E-state index in [2.05, 4.69) is 9.88 Å². The van der Waals surface area contributed by atoms with E-state index in [1.54, 1.807) is 17.5 Å². The van der Waals surface area contributed by atoms with Crippen LogP contribution in [0.5, 0.6) is 0 Å². The van der Waals surface area contributed by atoms with Gasteiger partial charge in [0.2, 0.25) is 5.91 Å². The number of likely N-dealkylation sites (tertiary alicyclic amines) is 1. The molecule has 1 amide bonds. The van der Waals surface area contributed by atoms with Gasteiger partial charge in [0.25, 0.3) is 0 Å². The standard InChI is InChI=1S/C17H19N3OS/c21-17(20-8-1-2-9-20)12-5-6-14-15(10-12)22-16(19-14)13-4-3-7-18-11-13/h3-4,7,11-12H,1-2,5-6,8-10H2. The molecule has 1 saturated heterocycles. The number of carbonyl (C=O) groups is 1. The van der Waals surface area contributed by atoms with E-state index in [-0.39, 0.29) is 5.92 Å². The lowest BCUT2D eigenvalue weighted by Crippen LogP contribution is -2.36. The minimum atomic E-state index is 0.160. The van der Waals surface area contributed by atoms with Gasteiger partial charge in [-0.15, -0.1) is 11.3 Å². The largest absolute Gasteiger partial charge is 0.342 e. The van der Waals surface area contributed by atoms with Gasteiger partial charge in [0.05, 0.1) is 5.69 Å². The average Bonchev–Trinajstić information content (AvgIpc) is 3.23. The van der Waals surface area contributed by atoms with Gasteiger partial charge in [-0.1, -0.05) is 0 Å². The van der Waals surface area contributed by atoms with E-state index in [4.69, 9.17) is 4.98 Å². The molecule has 1 unspecified atom stereocenters. The molecule has 3 heterocycles. The van der Waals surface area contributed by atoms with E-state index in [9.17, 15) is 4.79 Å². The summed E-state index contributed by atoms with van der Waals surface area (Å²) in [4.78, 5) is 24.9. The maximum absolute atomic E-state index is 12.6. The summed E-state index contributed by atoms with van der Waals surface area (Å²) in [6.07, 6.45) is 8.70. The molecule has 2 aromatic heterocycles. The van der Waals surface area contributed by atoms with Crippen molar-refractivity contribution in [1.29, 1.82) is 0 Å². The Bertz CT molecular complexity index is 676. The number of rotatable bonds is 2. The number of fused-ring (bicyclic) bond motifs is 1. The normalized spacial score (nSPS) is 20.9. The van der Waals surface area contributed by atoms with Crippen molar-refractivity contribution in [3.63, 3.8) is 0 Å². The van der Waals surface area contributed by atoms with Crippen molar-refractivity contribution >= 4 is 17.2 Å². The van der Waals surface area contributed by atoms with E-state index in [1.165, 1.54) is 10.6 Å². The third kappa shape index (κ3) is 2.54. The summed E-state index contributed by atoms with van der Waals surface area (Å²) in [5.41, 5.74) is 2.26. The van der Waals surface area contributed by atoms with Crippen LogP contribution >= 0.6 is 11.3 Å². The highest BCUT2D eigenvalue weighted by Gasteiger charge is 2.31. The second-order valence-electron chi connectivity index (χ2n) is 6.10. The first-order valence-corrected chi connectivity index (χ1v) is 8.80. The maximum atomic E-state index is 12.6. The smallest absolute Gasteiger partial charge is 0.226 e. The highest BCUT2D eigenvalue weighted by atomic mass is 32.1. The molecular weight excluding hydrogens is 294 g/mol. The molecule has 1 aliphatic heterocycles. The predicted molar refractivity (Wildman–Crippen MR) is 86.7 cm³/mol. The van der Waals surface area contributed by atoms with Gasteiger partial charge in [-0.3, -0.25) is 9.78 Å². The molecule has 0 saturated carbocycles. The van der Waals surface area contributed by atoms with E-state index in [0.29, 0.717) is 5.91 Å². The Labute approximate surface area is 134 Å². The SMILES string of the molecule is O=C(C1CCc2nc(-c3cccnc3)sc2C1)N1CCCC1. The number of thiazole rings is 1. The van der Waals surface area contributed by atoms with Crippen LogP contribution in [-0.4, -0.2) is 33.9 Å². The molecule has 5 heteroatoms. The van der Waals surface area contributed by atoms with Crippen molar-refractivity contribution in [2.45, 2.75) is 32.1 Å². The highest BCUT2D eigenvalue weighted by molar-refractivity contribution is 7.15. The second kappa shape index (κ2) is 5.80. The summed E-state index contributed by atoms with van der Waals surface area (Å²) < 4.78 is 0. The first-order chi connectivity index (χ1) is 10.8. The molecule has 2 aromatic rings. The van der Waals surface area contributed by atoms with Gasteiger partial charge in [0.1, 0.15) is 5.01 Å². The van der Waals surface area contributed by atoms with Crippen LogP contribution < -0.4 is 0 Å². The molecule has 0 aromatic carbocycles. The van der Waals surface area contributed by atoms with E-state index < -0.39 is 0 Å². The topological polar surface area (TPSA) is 46.1 Å². The Morgan fingerprint density at radius 1 is 1.32 bits per heavy atom. The molecule has 0 radical (unpaired) electrons. The van der Waals surface area contributed by atoms with Gasteiger partial charge < -0.3 is 4.90 Å². The van der Waals surface area contributed by atoms with Crippen LogP contribution in [0.1, 0.15) is 29.8 Å². The Morgan fingerprint density at radius 3 is 2.95 bits per heavy atom. The lowest BCUT2D eigenvalue weighted by atomic mass is 9.90. The summed E-state index contributed by atoms with van der Waals surface area (Å²) in [6, 6.07) is 3.99. The fraction of sp³-hybridized carbons (Fsp3) is 0.471. The van der Waals surface area contributed by atoms with Gasteiger partial charge in [0, 0.05) is 41.8 Å². The molecule has 4 nitrogen and oxygen atoms in total. The summed E-state index contributed by atoms with van der Waals surface area (Å²) in [6.45, 7) is 1.90. The Morgan fingerprint density at radius 2 is 2.18 bits per heavy atom. The van der Waals surface area contributed by atoms with Crippen molar-refractivity contribution in [1.82, 2.24) is 14.9 Å². The van der Waals surface area contributed by atoms with Crippen molar-refractivity contribution in [2.24, 2.45) is 5.92 Å². The Balaban J connectivity index is 1.54. The molecule has 1 atom stereocenters. The molecule has 1 aliphatic carbocycles. The molecule has 1 fully saturated rings. The highest BCUT2D eigenvalue weighted by Crippen LogP contribution is 2.35. The van der Waals surface area contributed by atoms with Gasteiger partial charge in [-0.2, -0.15) is 0 Å². The van der Waals surface area contributed by atoms with Crippen LogP contribution in [0.4, 0.5) is 0 Å². The molecule has 0 bridgehead atoms. The first kappa shape index (κ1) is 13.9. The lowest BCUT2D eigenvalue weighted by molar-refractivity contribution is -0.134. The molecular formula is C17H19N3OS. The van der Waals surface area contributed by atoms with Crippen LogP contribution in [0.25, 0.3) is 10.6 Å². The minimum absolute atomic E-state index is 0.160. The molecule has 4 rings (SSSR count). The van der Waals surface area contributed by atoms with Gasteiger partial charge in [0.15, 0.2) is 0 Å². The van der Waals surface area contributed by atoms with Crippen molar-refractivity contribution < 1.29 is 4.79 Å². The number of hydrogen-bond donors (Lipinski definition) is 0.